The molecule has 2 saturated heterocycles. The Morgan fingerprint density at radius 3 is 2.32 bits per heavy atom. The number of fused-ring (bicyclic) bond motifs is 1. The van der Waals surface area contributed by atoms with Gasteiger partial charge in [-0.15, -0.1) is 10.0 Å². The van der Waals surface area contributed by atoms with Gasteiger partial charge in [0.2, 0.25) is 5.91 Å². The number of rotatable bonds is 5. The van der Waals surface area contributed by atoms with Gasteiger partial charge in [0.1, 0.15) is 6.04 Å². The Bertz CT molecular complexity index is 797. The molecular formula is C20H28N2O5S. The van der Waals surface area contributed by atoms with Crippen LogP contribution in [0.25, 0.3) is 0 Å². The summed E-state index contributed by atoms with van der Waals surface area (Å²) in [4.78, 5) is 41.1. The number of β-lactam (4-membered cyclic amide) rings is 1. The third kappa shape index (κ3) is 2.73. The largest absolute Gasteiger partial charge is 0.480 e. The number of hydrogen-bond donors (Lipinski definition) is 2. The highest BCUT2D eigenvalue weighted by Crippen LogP contribution is 2.74. The quantitative estimate of drug-likeness (QED) is 0.730. The van der Waals surface area contributed by atoms with Crippen molar-refractivity contribution in [2.75, 3.05) is 5.94 Å². The molecule has 2 aliphatic heterocycles. The Labute approximate surface area is 166 Å². The van der Waals surface area contributed by atoms with Gasteiger partial charge in [0, 0.05) is 17.3 Å². The number of aliphatic carboxylic acids is 1. The van der Waals surface area contributed by atoms with E-state index in [1.807, 2.05) is 44.2 Å². The molecule has 2 fully saturated rings. The zero-order valence-electron chi connectivity index (χ0n) is 16.7. The zero-order chi connectivity index (χ0) is 20.9. The summed E-state index contributed by atoms with van der Waals surface area (Å²) in [6, 6.07) is 8.34. The van der Waals surface area contributed by atoms with Gasteiger partial charge in [0.05, 0.1) is 17.7 Å². The van der Waals surface area contributed by atoms with Crippen molar-refractivity contribution in [3.8, 4) is 0 Å². The highest BCUT2D eigenvalue weighted by Gasteiger charge is 2.72. The van der Waals surface area contributed by atoms with E-state index in [0.29, 0.717) is 6.54 Å². The predicted octanol–water partition coefficient (Wildman–Crippen LogP) is 2.58. The first-order chi connectivity index (χ1) is 13.1. The molecule has 2 heterocycles. The highest BCUT2D eigenvalue weighted by atomic mass is 32.3. The summed E-state index contributed by atoms with van der Waals surface area (Å²) >= 11 is 0. The molecule has 1 aromatic rings. The number of nitrogens with zero attached hydrogens (tertiary/aromatic N) is 2. The maximum Gasteiger partial charge on any atom is 0.327 e. The van der Waals surface area contributed by atoms with Crippen LogP contribution in [-0.2, 0) is 16.1 Å². The van der Waals surface area contributed by atoms with E-state index in [0.717, 1.165) is 5.56 Å². The molecule has 2 aliphatic rings. The molecule has 7 nitrogen and oxygen atoms in total. The lowest BCUT2D eigenvalue weighted by atomic mass is 9.98. The first kappa shape index (κ1) is 20.7. The number of carbonyl (C=O) groups is 3. The number of aliphatic hydroxyl groups excluding tert-OH is 1. The first-order valence-corrected chi connectivity index (χ1v) is 11.2. The molecule has 0 saturated carbocycles. The van der Waals surface area contributed by atoms with Gasteiger partial charge in [0.25, 0.3) is 5.24 Å². The SMILES string of the molecule is CC(C)N(Cc1ccccc1)C(=O)S1(CO)[C@@H]2CC(=O)N2[C@@H](C(=O)O)C1(C)C. The topological polar surface area (TPSA) is 98.2 Å². The lowest BCUT2D eigenvalue weighted by molar-refractivity contribution is -0.157. The minimum Gasteiger partial charge on any atom is -0.480 e. The van der Waals surface area contributed by atoms with Crippen molar-refractivity contribution in [1.29, 1.82) is 0 Å². The summed E-state index contributed by atoms with van der Waals surface area (Å²) in [6.07, 6.45) is 0.117. The molecular weight excluding hydrogens is 380 g/mol. The summed E-state index contributed by atoms with van der Waals surface area (Å²) in [6.45, 7) is 7.61. The van der Waals surface area contributed by atoms with Gasteiger partial charge < -0.3 is 20.0 Å². The predicted molar refractivity (Wildman–Crippen MR) is 108 cm³/mol. The van der Waals surface area contributed by atoms with Gasteiger partial charge in [-0.2, -0.15) is 0 Å². The minimum absolute atomic E-state index is 0.117. The van der Waals surface area contributed by atoms with E-state index in [1.54, 1.807) is 18.7 Å². The van der Waals surface area contributed by atoms with E-state index in [9.17, 15) is 24.6 Å². The van der Waals surface area contributed by atoms with Crippen LogP contribution >= 0.6 is 10.0 Å². The number of amides is 2. The lowest BCUT2D eigenvalue weighted by Gasteiger charge is -2.51. The van der Waals surface area contributed by atoms with Crippen molar-refractivity contribution < 1.29 is 24.6 Å². The minimum atomic E-state index is -2.52. The van der Waals surface area contributed by atoms with Gasteiger partial charge >= 0.3 is 5.97 Å². The number of carboxylic acid groups (broad SMARTS) is 1. The molecule has 154 valence electrons. The van der Waals surface area contributed by atoms with Crippen LogP contribution in [-0.4, -0.2) is 65.3 Å². The zero-order valence-corrected chi connectivity index (χ0v) is 17.5. The van der Waals surface area contributed by atoms with Gasteiger partial charge in [0.15, 0.2) is 0 Å². The lowest BCUT2D eigenvalue weighted by Crippen LogP contribution is -2.57. The monoisotopic (exact) mass is 408 g/mol. The number of hydrogen-bond acceptors (Lipinski definition) is 4. The first-order valence-electron chi connectivity index (χ1n) is 9.38. The van der Waals surface area contributed by atoms with Crippen LogP contribution < -0.4 is 0 Å². The Hall–Kier alpha value is -2.06. The average Bonchev–Trinajstić information content (AvgIpc) is 2.80. The summed E-state index contributed by atoms with van der Waals surface area (Å²) in [7, 11) is -2.52. The van der Waals surface area contributed by atoms with Crippen LogP contribution in [0.15, 0.2) is 30.3 Å². The maximum atomic E-state index is 13.9. The molecule has 2 N–H and O–H groups in total. The molecule has 0 aromatic heterocycles. The molecule has 1 aromatic carbocycles. The molecule has 8 heteroatoms. The van der Waals surface area contributed by atoms with Gasteiger partial charge in [-0.3, -0.25) is 9.59 Å². The van der Waals surface area contributed by atoms with Crippen molar-refractivity contribution in [3.63, 3.8) is 0 Å². The summed E-state index contributed by atoms with van der Waals surface area (Å²) in [5.41, 5.74) is 0.962. The van der Waals surface area contributed by atoms with Crippen molar-refractivity contribution in [1.82, 2.24) is 9.80 Å². The molecule has 28 heavy (non-hydrogen) atoms. The third-order valence-corrected chi connectivity index (χ3v) is 10.8. The van der Waals surface area contributed by atoms with Crippen LogP contribution in [0.2, 0.25) is 0 Å². The van der Waals surface area contributed by atoms with E-state index in [4.69, 9.17) is 0 Å². The molecule has 3 rings (SSSR count). The van der Waals surface area contributed by atoms with Gasteiger partial charge in [-0.25, -0.2) is 4.79 Å². The molecule has 0 radical (unpaired) electrons. The molecule has 3 atom stereocenters. The van der Waals surface area contributed by atoms with Crippen LogP contribution in [0.5, 0.6) is 0 Å². The van der Waals surface area contributed by atoms with Crippen molar-refractivity contribution in [2.24, 2.45) is 0 Å². The van der Waals surface area contributed by atoms with Crippen molar-refractivity contribution in [2.45, 2.75) is 62.9 Å². The Morgan fingerprint density at radius 1 is 1.29 bits per heavy atom. The third-order valence-electron chi connectivity index (χ3n) is 6.09. The summed E-state index contributed by atoms with van der Waals surface area (Å²) < 4.78 is -1.04. The van der Waals surface area contributed by atoms with E-state index in [2.05, 4.69) is 0 Å². The van der Waals surface area contributed by atoms with Crippen LogP contribution in [0.1, 0.15) is 39.7 Å². The van der Waals surface area contributed by atoms with Crippen molar-refractivity contribution >= 4 is 27.1 Å². The van der Waals surface area contributed by atoms with Crippen LogP contribution in [0.4, 0.5) is 4.79 Å². The Balaban J connectivity index is 2.05. The second-order valence-electron chi connectivity index (χ2n) is 8.20. The molecule has 2 amide bonds. The Morgan fingerprint density at radius 2 is 1.89 bits per heavy atom. The average molecular weight is 409 g/mol. The van der Waals surface area contributed by atoms with E-state index < -0.39 is 38.1 Å². The molecule has 0 bridgehead atoms. The van der Waals surface area contributed by atoms with Crippen LogP contribution in [0, 0.1) is 0 Å². The highest BCUT2D eigenvalue weighted by molar-refractivity contribution is 8.46. The summed E-state index contributed by atoms with van der Waals surface area (Å²) in [5.74, 6) is -1.81. The van der Waals surface area contributed by atoms with Crippen molar-refractivity contribution in [3.05, 3.63) is 35.9 Å². The van der Waals surface area contributed by atoms with E-state index in [-0.39, 0.29) is 23.6 Å². The van der Waals surface area contributed by atoms with E-state index >= 15 is 0 Å². The smallest absolute Gasteiger partial charge is 0.327 e. The van der Waals surface area contributed by atoms with E-state index in [1.165, 1.54) is 4.90 Å². The molecule has 1 unspecified atom stereocenters. The van der Waals surface area contributed by atoms with Gasteiger partial charge in [-0.1, -0.05) is 30.3 Å². The Kier molecular flexibility index (Phi) is 5.22. The van der Waals surface area contributed by atoms with Crippen LogP contribution in [0.3, 0.4) is 0 Å². The normalized spacial score (nSPS) is 30.4. The molecule has 0 aliphatic carbocycles. The fraction of sp³-hybridized carbons (Fsp3) is 0.550. The van der Waals surface area contributed by atoms with Gasteiger partial charge in [-0.05, 0) is 33.3 Å². The molecule has 0 spiro atoms. The second-order valence-corrected chi connectivity index (χ2v) is 12.0. The standard InChI is InChI=1S/C20H28N2O5S/c1-13(2)21(11-14-8-6-5-7-9-14)19(27)28(12-23)16-10-15(24)22(16)17(18(25)26)20(28,3)4/h5-9,13,16-17,23H,10-12H2,1-4H3,(H,25,26)/t16-,17+/m1/s1. The number of carboxylic acids is 1. The number of carbonyl (C=O) groups excluding carboxylic acids is 2. The fourth-order valence-corrected chi connectivity index (χ4v) is 8.81. The summed E-state index contributed by atoms with van der Waals surface area (Å²) in [5, 5.41) is 19.5. The second kappa shape index (κ2) is 7.08. The fourth-order valence-electron chi connectivity index (χ4n) is 4.45. The number of aliphatic hydroxyl groups is 1. The number of benzene rings is 1. The maximum absolute atomic E-state index is 13.9.